The molecule has 1 N–H and O–H groups in total. The number of ether oxygens (including phenoxy) is 4. The molecule has 2 aliphatic rings. The maximum Gasteiger partial charge on any atom is 0.209 e. The van der Waals surface area contributed by atoms with E-state index in [1.807, 2.05) is 43.3 Å². The van der Waals surface area contributed by atoms with Crippen molar-refractivity contribution in [2.45, 2.75) is 54.6 Å². The van der Waals surface area contributed by atoms with Crippen LogP contribution in [0.1, 0.15) is 47.3 Å². The number of fused-ring (bicyclic) bond motifs is 1. The van der Waals surface area contributed by atoms with Crippen molar-refractivity contribution in [2.24, 2.45) is 5.11 Å². The average molecular weight is 650 g/mol. The summed E-state index contributed by atoms with van der Waals surface area (Å²) < 4.78 is 52.4. The van der Waals surface area contributed by atoms with Crippen molar-refractivity contribution >= 4 is 15.5 Å². The Morgan fingerprint density at radius 2 is 1.89 bits per heavy atom. The zero-order valence-corrected chi connectivity index (χ0v) is 27.5. The summed E-state index contributed by atoms with van der Waals surface area (Å²) in [6.07, 6.45) is 1.71. The van der Waals surface area contributed by atoms with Crippen molar-refractivity contribution in [1.29, 1.82) is 0 Å². The predicted molar refractivity (Wildman–Crippen MR) is 177 cm³/mol. The molecule has 0 aromatic heterocycles. The first-order valence-corrected chi connectivity index (χ1v) is 17.2. The summed E-state index contributed by atoms with van der Waals surface area (Å²) in [4.78, 5) is 5.31. The zero-order chi connectivity index (χ0) is 32.5. The molecule has 1 saturated heterocycles. The molecule has 0 radical (unpaired) electrons. The van der Waals surface area contributed by atoms with Gasteiger partial charge in [-0.25, -0.2) is 8.42 Å². The van der Waals surface area contributed by atoms with Gasteiger partial charge in [-0.3, -0.25) is 0 Å². The van der Waals surface area contributed by atoms with Gasteiger partial charge in [0.25, 0.3) is 0 Å². The average Bonchev–Trinajstić information content (AvgIpc) is 3.08. The molecule has 2 heterocycles. The van der Waals surface area contributed by atoms with Gasteiger partial charge < -0.3 is 29.2 Å². The van der Waals surface area contributed by atoms with Crippen molar-refractivity contribution in [3.05, 3.63) is 93.9 Å². The lowest BCUT2D eigenvalue weighted by molar-refractivity contribution is -0.00648. The van der Waals surface area contributed by atoms with Crippen LogP contribution in [0.3, 0.4) is 0 Å². The van der Waals surface area contributed by atoms with E-state index < -0.39 is 21.4 Å². The van der Waals surface area contributed by atoms with Crippen LogP contribution in [0.15, 0.2) is 76.7 Å². The first-order chi connectivity index (χ1) is 22.3. The molecular weight excluding hydrogens is 606 g/mol. The number of anilines is 1. The first kappa shape index (κ1) is 33.6. The van der Waals surface area contributed by atoms with Crippen molar-refractivity contribution in [1.82, 2.24) is 5.32 Å². The Hall–Kier alpha value is -3.80. The van der Waals surface area contributed by atoms with Crippen LogP contribution in [-0.2, 0) is 19.3 Å². The lowest BCUT2D eigenvalue weighted by Gasteiger charge is -2.39. The molecule has 2 aliphatic heterocycles. The Kier molecular flexibility index (Phi) is 11.4. The van der Waals surface area contributed by atoms with E-state index in [0.29, 0.717) is 51.3 Å². The first-order valence-electron chi connectivity index (χ1n) is 15.7. The Balaban J connectivity index is 1.52. The SMILES string of the molecule is COCCCN1CCOc2ccc(C(O[C@H]3CN[C@@H](CCN=[N+]=[N-])C[C@@H]3c3ccc(OC)cc3)S(=O)(=O)c3ccc(C)cc3)cc21. The van der Waals surface area contributed by atoms with Gasteiger partial charge in [0.05, 0.1) is 30.3 Å². The molecule has 0 aliphatic carbocycles. The molecule has 0 saturated carbocycles. The molecule has 0 amide bonds. The van der Waals surface area contributed by atoms with Gasteiger partial charge in [0.1, 0.15) is 18.1 Å². The van der Waals surface area contributed by atoms with Crippen LogP contribution in [0.5, 0.6) is 11.5 Å². The van der Waals surface area contributed by atoms with E-state index in [1.165, 1.54) is 0 Å². The smallest absolute Gasteiger partial charge is 0.209 e. The minimum Gasteiger partial charge on any atom is -0.497 e. The highest BCUT2D eigenvalue weighted by Crippen LogP contribution is 2.41. The van der Waals surface area contributed by atoms with Crippen molar-refractivity contribution in [3.8, 4) is 11.5 Å². The number of azide groups is 1. The second-order valence-corrected chi connectivity index (χ2v) is 13.7. The highest BCUT2D eigenvalue weighted by Gasteiger charge is 2.39. The summed E-state index contributed by atoms with van der Waals surface area (Å²) in [6, 6.07) is 20.4. The molecule has 11 nitrogen and oxygen atoms in total. The third-order valence-electron chi connectivity index (χ3n) is 8.70. The van der Waals surface area contributed by atoms with Crippen LogP contribution in [-0.4, -0.2) is 74.2 Å². The second-order valence-electron chi connectivity index (χ2n) is 11.7. The molecule has 12 heteroatoms. The van der Waals surface area contributed by atoms with E-state index in [4.69, 9.17) is 24.5 Å². The summed E-state index contributed by atoms with van der Waals surface area (Å²) >= 11 is 0. The Labute approximate surface area is 271 Å². The molecule has 4 atom stereocenters. The molecule has 1 fully saturated rings. The fourth-order valence-corrected chi connectivity index (χ4v) is 7.76. The largest absolute Gasteiger partial charge is 0.497 e. The highest BCUT2D eigenvalue weighted by molar-refractivity contribution is 7.91. The van der Waals surface area contributed by atoms with Crippen LogP contribution in [0.25, 0.3) is 10.4 Å². The Bertz CT molecular complexity index is 1600. The number of methoxy groups -OCH3 is 2. The standard InChI is InChI=1S/C34H43N5O6S/c1-24-5-12-29(13-6-24)46(40,41)34(26-9-14-32-31(21-26)39(18-20-44-32)17-4-19-42-2)45-33-23-36-27(15-16-37-38-35)22-30(33)25-7-10-28(43-3)11-8-25/h5-14,21,27,30,33-34,36H,4,15-20,22-23H2,1-3H3/t27-,30+,33-,34?/m0/s1. The number of nitrogens with zero attached hydrogens (tertiary/aromatic N) is 4. The maximum atomic E-state index is 14.5. The molecule has 3 aromatic rings. The number of nitrogens with one attached hydrogen (secondary N) is 1. The summed E-state index contributed by atoms with van der Waals surface area (Å²) in [5.74, 6) is 1.34. The minimum absolute atomic E-state index is 0.0751. The molecule has 3 aromatic carbocycles. The number of piperidine rings is 1. The summed E-state index contributed by atoms with van der Waals surface area (Å²) in [5, 5.41) is 7.25. The predicted octanol–water partition coefficient (Wildman–Crippen LogP) is 5.94. The third kappa shape index (κ3) is 7.94. The van der Waals surface area contributed by atoms with E-state index in [9.17, 15) is 8.42 Å². The van der Waals surface area contributed by atoms with E-state index in [-0.39, 0.29) is 16.9 Å². The van der Waals surface area contributed by atoms with Gasteiger partial charge in [0.2, 0.25) is 9.84 Å². The number of hydrogen-bond acceptors (Lipinski definition) is 9. The quantitative estimate of drug-likeness (QED) is 0.0981. The Morgan fingerprint density at radius 3 is 2.61 bits per heavy atom. The minimum atomic E-state index is -3.99. The zero-order valence-electron chi connectivity index (χ0n) is 26.7. The van der Waals surface area contributed by atoms with E-state index in [2.05, 4.69) is 20.2 Å². The third-order valence-corrected chi connectivity index (χ3v) is 10.6. The molecule has 246 valence electrons. The van der Waals surface area contributed by atoms with Gasteiger partial charge in [-0.05, 0) is 79.2 Å². The number of sulfone groups is 1. The summed E-state index contributed by atoms with van der Waals surface area (Å²) in [6.45, 7) is 5.36. The van der Waals surface area contributed by atoms with Crippen molar-refractivity contribution < 1.29 is 27.4 Å². The maximum absolute atomic E-state index is 14.5. The van der Waals surface area contributed by atoms with Gasteiger partial charge in [-0.2, -0.15) is 0 Å². The molecule has 0 bridgehead atoms. The fourth-order valence-electron chi connectivity index (χ4n) is 6.20. The van der Waals surface area contributed by atoms with E-state index in [1.54, 1.807) is 44.6 Å². The number of rotatable bonds is 14. The molecule has 46 heavy (non-hydrogen) atoms. The van der Waals surface area contributed by atoms with Crippen LogP contribution in [0.2, 0.25) is 0 Å². The van der Waals surface area contributed by atoms with Gasteiger partial charge >= 0.3 is 0 Å². The fraction of sp³-hybridized carbons (Fsp3) is 0.471. The van der Waals surface area contributed by atoms with Crippen molar-refractivity contribution in [3.63, 3.8) is 0 Å². The van der Waals surface area contributed by atoms with E-state index in [0.717, 1.165) is 41.3 Å². The molecule has 0 spiro atoms. The number of aryl methyl sites for hydroxylation is 1. The van der Waals surface area contributed by atoms with Gasteiger partial charge in [0.15, 0.2) is 5.44 Å². The highest BCUT2D eigenvalue weighted by atomic mass is 32.2. The number of benzene rings is 3. The van der Waals surface area contributed by atoms with Gasteiger partial charge in [0, 0.05) is 50.2 Å². The van der Waals surface area contributed by atoms with Gasteiger partial charge in [-0.15, -0.1) is 0 Å². The molecule has 1 unspecified atom stereocenters. The van der Waals surface area contributed by atoms with E-state index >= 15 is 0 Å². The normalized spacial score (nSPS) is 20.2. The Morgan fingerprint density at radius 1 is 1.11 bits per heavy atom. The van der Waals surface area contributed by atoms with Crippen LogP contribution >= 0.6 is 0 Å². The number of hydrogen-bond donors (Lipinski definition) is 1. The lowest BCUT2D eigenvalue weighted by atomic mass is 9.83. The molecule has 5 rings (SSSR count). The lowest BCUT2D eigenvalue weighted by Crippen LogP contribution is -2.48. The monoisotopic (exact) mass is 649 g/mol. The van der Waals surface area contributed by atoms with Crippen molar-refractivity contribution in [2.75, 3.05) is 58.5 Å². The van der Waals surface area contributed by atoms with Crippen LogP contribution in [0, 0.1) is 6.92 Å². The summed E-state index contributed by atoms with van der Waals surface area (Å²) in [5.41, 5.74) is 10.9. The summed E-state index contributed by atoms with van der Waals surface area (Å²) in [7, 11) is -0.676. The second kappa shape index (κ2) is 15.7. The van der Waals surface area contributed by atoms with Crippen LogP contribution < -0.4 is 19.7 Å². The van der Waals surface area contributed by atoms with Crippen LogP contribution in [0.4, 0.5) is 5.69 Å². The van der Waals surface area contributed by atoms with Gasteiger partial charge in [-0.1, -0.05) is 41.0 Å². The topological polar surface area (TPSA) is 135 Å². The molecular formula is C34H43N5O6S.